The summed E-state index contributed by atoms with van der Waals surface area (Å²) in [7, 11) is 0. The minimum Gasteiger partial charge on any atom is -0.407 e. The van der Waals surface area contributed by atoms with Crippen LogP contribution in [0.5, 0.6) is 0 Å². The smallest absolute Gasteiger partial charge is 0.315 e. The lowest BCUT2D eigenvalue weighted by molar-refractivity contribution is 0.475. The van der Waals surface area contributed by atoms with E-state index in [0.29, 0.717) is 24.5 Å². The van der Waals surface area contributed by atoms with Gasteiger partial charge < -0.3 is 15.1 Å². The Morgan fingerprint density at radius 1 is 1.11 bits per heavy atom. The first kappa shape index (κ1) is 14.3. The van der Waals surface area contributed by atoms with Crippen LogP contribution in [0.2, 0.25) is 0 Å². The zero-order valence-electron chi connectivity index (χ0n) is 12.0. The van der Waals surface area contributed by atoms with E-state index >= 15 is 0 Å². The van der Waals surface area contributed by atoms with E-state index < -0.39 is 0 Å². The molecule has 0 amide bonds. The molecule has 5 heteroatoms. The van der Waals surface area contributed by atoms with Crippen LogP contribution in [0.4, 0.5) is 6.01 Å². The van der Waals surface area contributed by atoms with E-state index in [9.17, 15) is 0 Å². The first-order valence-electron chi connectivity index (χ1n) is 7.68. The molecule has 0 atom stereocenters. The Morgan fingerprint density at radius 3 is 2.68 bits per heavy atom. The zero-order valence-corrected chi connectivity index (χ0v) is 12.0. The van der Waals surface area contributed by atoms with E-state index in [2.05, 4.69) is 27.8 Å². The van der Waals surface area contributed by atoms with Crippen molar-refractivity contribution >= 4 is 6.01 Å². The van der Waals surface area contributed by atoms with E-state index in [1.807, 2.05) is 0 Å². The van der Waals surface area contributed by atoms with Gasteiger partial charge in [0.25, 0.3) is 0 Å². The average Bonchev–Trinajstić information content (AvgIpc) is 3.15. The van der Waals surface area contributed by atoms with Gasteiger partial charge in [-0.3, -0.25) is 0 Å². The lowest BCUT2D eigenvalue weighted by Gasteiger charge is -2.01. The van der Waals surface area contributed by atoms with Crippen molar-refractivity contribution in [1.29, 1.82) is 0 Å². The normalized spacial score (nSPS) is 14.8. The fourth-order valence-electron chi connectivity index (χ4n) is 2.02. The van der Waals surface area contributed by atoms with E-state index in [1.165, 1.54) is 51.4 Å². The van der Waals surface area contributed by atoms with E-state index in [-0.39, 0.29) is 0 Å². The first-order valence-corrected chi connectivity index (χ1v) is 7.68. The van der Waals surface area contributed by atoms with Gasteiger partial charge in [0.1, 0.15) is 0 Å². The molecule has 1 aliphatic carbocycles. The molecule has 1 aliphatic rings. The summed E-state index contributed by atoms with van der Waals surface area (Å²) < 4.78 is 5.51. The molecule has 5 nitrogen and oxygen atoms in total. The predicted octanol–water partition coefficient (Wildman–Crippen LogP) is 3.09. The minimum atomic E-state index is 0.557. The highest BCUT2D eigenvalue weighted by atomic mass is 16.4. The van der Waals surface area contributed by atoms with Crippen LogP contribution in [0.1, 0.15) is 64.2 Å². The van der Waals surface area contributed by atoms with Crippen LogP contribution < -0.4 is 10.6 Å². The van der Waals surface area contributed by atoms with Crippen LogP contribution in [0.3, 0.4) is 0 Å². The molecule has 1 aromatic heterocycles. The molecule has 1 heterocycles. The lowest BCUT2D eigenvalue weighted by atomic mass is 10.1. The number of unbranched alkanes of at least 4 members (excludes halogenated alkanes) is 5. The number of hydrogen-bond donors (Lipinski definition) is 2. The van der Waals surface area contributed by atoms with E-state index in [4.69, 9.17) is 4.42 Å². The predicted molar refractivity (Wildman–Crippen MR) is 76.0 cm³/mol. The molecule has 0 bridgehead atoms. The maximum atomic E-state index is 5.51. The molecule has 0 saturated heterocycles. The lowest BCUT2D eigenvalue weighted by Crippen LogP contribution is -2.15. The second-order valence-corrected chi connectivity index (χ2v) is 5.35. The van der Waals surface area contributed by atoms with Gasteiger partial charge >= 0.3 is 6.01 Å². The van der Waals surface area contributed by atoms with Crippen LogP contribution >= 0.6 is 0 Å². The molecule has 0 unspecified atom stereocenters. The topological polar surface area (TPSA) is 63.0 Å². The van der Waals surface area contributed by atoms with Gasteiger partial charge in [0.05, 0.1) is 6.54 Å². The van der Waals surface area contributed by atoms with Gasteiger partial charge in [-0.15, -0.1) is 5.10 Å². The quantitative estimate of drug-likeness (QED) is 0.603. The van der Waals surface area contributed by atoms with Crippen molar-refractivity contribution in [2.75, 3.05) is 11.9 Å². The molecule has 2 N–H and O–H groups in total. The summed E-state index contributed by atoms with van der Waals surface area (Å²) in [6.45, 7) is 3.85. The highest BCUT2D eigenvalue weighted by Gasteiger charge is 2.21. The fraction of sp³-hybridized carbons (Fsp3) is 0.857. The molecule has 0 spiro atoms. The van der Waals surface area contributed by atoms with Crippen LogP contribution in [-0.4, -0.2) is 22.8 Å². The van der Waals surface area contributed by atoms with Crippen LogP contribution in [-0.2, 0) is 6.54 Å². The zero-order chi connectivity index (χ0) is 13.3. The summed E-state index contributed by atoms with van der Waals surface area (Å²) in [5, 5.41) is 14.6. The Bertz CT molecular complexity index is 349. The standard InChI is InChI=1S/C14H26N4O/c1-2-3-4-5-6-7-10-15-14-18-17-13(19-14)11-16-12-8-9-12/h12,16H,2-11H2,1H3,(H,15,18). The molecule has 1 saturated carbocycles. The summed E-state index contributed by atoms with van der Waals surface area (Å²) in [4.78, 5) is 0. The maximum Gasteiger partial charge on any atom is 0.315 e. The Hall–Kier alpha value is -1.10. The molecule has 19 heavy (non-hydrogen) atoms. The van der Waals surface area contributed by atoms with E-state index in [0.717, 1.165) is 6.54 Å². The maximum absolute atomic E-state index is 5.51. The van der Waals surface area contributed by atoms with Crippen molar-refractivity contribution in [2.45, 2.75) is 70.9 Å². The van der Waals surface area contributed by atoms with Crippen LogP contribution in [0.15, 0.2) is 4.42 Å². The Balaban J connectivity index is 1.50. The van der Waals surface area contributed by atoms with Crippen molar-refractivity contribution in [3.63, 3.8) is 0 Å². The van der Waals surface area contributed by atoms with Gasteiger partial charge in [0, 0.05) is 12.6 Å². The molecule has 0 aliphatic heterocycles. The summed E-state index contributed by atoms with van der Waals surface area (Å²) >= 11 is 0. The number of anilines is 1. The summed E-state index contributed by atoms with van der Waals surface area (Å²) in [5.41, 5.74) is 0. The first-order chi connectivity index (χ1) is 9.38. The van der Waals surface area contributed by atoms with Gasteiger partial charge in [-0.1, -0.05) is 44.1 Å². The second-order valence-electron chi connectivity index (χ2n) is 5.35. The highest BCUT2D eigenvalue weighted by Crippen LogP contribution is 2.19. The number of hydrogen-bond acceptors (Lipinski definition) is 5. The van der Waals surface area contributed by atoms with Crippen LogP contribution in [0.25, 0.3) is 0 Å². The minimum absolute atomic E-state index is 0.557. The third-order valence-corrected chi connectivity index (χ3v) is 3.39. The number of nitrogens with zero attached hydrogens (tertiary/aromatic N) is 2. The van der Waals surface area contributed by atoms with Gasteiger partial charge in [0.2, 0.25) is 5.89 Å². The van der Waals surface area contributed by atoms with Gasteiger partial charge in [-0.25, -0.2) is 0 Å². The van der Waals surface area contributed by atoms with Gasteiger partial charge in [0.15, 0.2) is 0 Å². The van der Waals surface area contributed by atoms with Crippen molar-refractivity contribution in [1.82, 2.24) is 15.5 Å². The van der Waals surface area contributed by atoms with Crippen molar-refractivity contribution in [2.24, 2.45) is 0 Å². The largest absolute Gasteiger partial charge is 0.407 e. The summed E-state index contributed by atoms with van der Waals surface area (Å²) in [6.07, 6.45) is 10.3. The second kappa shape index (κ2) is 8.15. The number of aromatic nitrogens is 2. The average molecular weight is 266 g/mol. The van der Waals surface area contributed by atoms with E-state index in [1.54, 1.807) is 0 Å². The summed E-state index contributed by atoms with van der Waals surface area (Å²) in [6, 6.07) is 1.23. The third kappa shape index (κ3) is 6.05. The van der Waals surface area contributed by atoms with Crippen molar-refractivity contribution < 1.29 is 4.42 Å². The monoisotopic (exact) mass is 266 g/mol. The molecule has 2 rings (SSSR count). The van der Waals surface area contributed by atoms with Gasteiger partial charge in [-0.2, -0.15) is 0 Å². The molecule has 108 valence electrons. The molecular formula is C14H26N4O. The van der Waals surface area contributed by atoms with Crippen LogP contribution in [0, 0.1) is 0 Å². The Labute approximate surface area is 115 Å². The Morgan fingerprint density at radius 2 is 1.89 bits per heavy atom. The Kier molecular flexibility index (Phi) is 6.14. The molecule has 0 radical (unpaired) electrons. The fourth-order valence-corrected chi connectivity index (χ4v) is 2.02. The summed E-state index contributed by atoms with van der Waals surface area (Å²) in [5.74, 6) is 0.678. The highest BCUT2D eigenvalue weighted by molar-refractivity contribution is 5.16. The SMILES string of the molecule is CCCCCCCCNc1nnc(CNC2CC2)o1. The molecule has 0 aromatic carbocycles. The number of nitrogens with one attached hydrogen (secondary N) is 2. The number of rotatable bonds is 11. The molecule has 1 fully saturated rings. The molecular weight excluding hydrogens is 240 g/mol. The third-order valence-electron chi connectivity index (χ3n) is 3.39. The van der Waals surface area contributed by atoms with Crippen molar-refractivity contribution in [3.8, 4) is 0 Å². The molecule has 1 aromatic rings. The van der Waals surface area contributed by atoms with Crippen molar-refractivity contribution in [3.05, 3.63) is 5.89 Å². The van der Waals surface area contributed by atoms with Gasteiger partial charge in [-0.05, 0) is 19.3 Å².